The number of hydrogen-bond acceptors (Lipinski definition) is 2. The highest BCUT2D eigenvalue weighted by Gasteiger charge is 1.90. The van der Waals surface area contributed by atoms with Crippen LogP contribution >= 0.6 is 0 Å². The molecule has 0 spiro atoms. The van der Waals surface area contributed by atoms with E-state index in [1.54, 1.807) is 6.92 Å². The van der Waals surface area contributed by atoms with Gasteiger partial charge in [-0.25, -0.2) is 0 Å². The number of carbonyl (C=O) groups excluding carboxylic acids is 1. The Labute approximate surface area is 157 Å². The first kappa shape index (κ1) is 25.9. The first-order valence-electron chi connectivity index (χ1n) is 10.2. The van der Waals surface area contributed by atoms with Crippen LogP contribution in [0.25, 0.3) is 0 Å². The molecule has 0 aromatic heterocycles. The molecule has 0 radical (unpaired) electrons. The third-order valence-electron chi connectivity index (χ3n) is 3.75. The summed E-state index contributed by atoms with van der Waals surface area (Å²) in [7, 11) is 0. The lowest BCUT2D eigenvalue weighted by molar-refractivity contribution is -0.140. The van der Waals surface area contributed by atoms with Gasteiger partial charge in [-0.3, -0.25) is 4.79 Å². The molecule has 1 aromatic rings. The Kier molecular flexibility index (Phi) is 23.5. The second-order valence-electron chi connectivity index (χ2n) is 6.41. The lowest BCUT2D eigenvalue weighted by Gasteiger charge is -1.99. The predicted octanol–water partition coefficient (Wildman–Crippen LogP) is 7.49. The van der Waals surface area contributed by atoms with Crippen molar-refractivity contribution in [3.8, 4) is 0 Å². The fourth-order valence-corrected chi connectivity index (χ4v) is 2.30. The molecule has 2 heteroatoms. The molecular formula is C23H42O2. The number of carbonyl (C=O) groups is 1. The molecule has 0 saturated carbocycles. The summed E-state index contributed by atoms with van der Waals surface area (Å²) < 4.78 is 4.40. The summed E-state index contributed by atoms with van der Waals surface area (Å²) in [6, 6.07) is 10.3. The zero-order chi connectivity index (χ0) is 19.2. The van der Waals surface area contributed by atoms with Crippen molar-refractivity contribution in [2.75, 3.05) is 6.61 Å². The van der Waals surface area contributed by atoms with Gasteiger partial charge in [-0.05, 0) is 13.8 Å². The number of benzene rings is 1. The van der Waals surface area contributed by atoms with Gasteiger partial charge < -0.3 is 4.74 Å². The minimum absolute atomic E-state index is 0.211. The summed E-state index contributed by atoms with van der Waals surface area (Å²) in [5.74, 6) is -0.211. The Morgan fingerprint density at radius 3 is 1.36 bits per heavy atom. The van der Waals surface area contributed by atoms with Gasteiger partial charge in [-0.15, -0.1) is 0 Å². The Hall–Kier alpha value is -1.31. The van der Waals surface area contributed by atoms with Gasteiger partial charge in [-0.1, -0.05) is 114 Å². The Balaban J connectivity index is 0. The fraction of sp³-hybridized carbons (Fsp3) is 0.696. The first-order valence-corrected chi connectivity index (χ1v) is 10.2. The van der Waals surface area contributed by atoms with E-state index in [0.717, 1.165) is 0 Å². The lowest BCUT2D eigenvalue weighted by Crippen LogP contribution is -1.95. The monoisotopic (exact) mass is 350 g/mol. The molecule has 0 unspecified atom stereocenters. The van der Waals surface area contributed by atoms with Crippen molar-refractivity contribution in [1.29, 1.82) is 0 Å². The van der Waals surface area contributed by atoms with Gasteiger partial charge >= 0.3 is 5.97 Å². The zero-order valence-electron chi connectivity index (χ0n) is 17.5. The Bertz CT molecular complexity index is 350. The smallest absolute Gasteiger partial charge is 0.302 e. The SMILES string of the molecule is CCCCCCCCCCCC.CCOC(C)=O.Cc1ccccc1. The van der Waals surface area contributed by atoms with Crippen LogP contribution < -0.4 is 0 Å². The van der Waals surface area contributed by atoms with Gasteiger partial charge in [0, 0.05) is 6.92 Å². The van der Waals surface area contributed by atoms with Crippen LogP contribution in [0.1, 0.15) is 97.5 Å². The summed E-state index contributed by atoms with van der Waals surface area (Å²) in [5, 5.41) is 0. The molecule has 25 heavy (non-hydrogen) atoms. The zero-order valence-corrected chi connectivity index (χ0v) is 17.5. The molecule has 0 N–H and O–H groups in total. The van der Waals surface area contributed by atoms with Crippen LogP contribution in [0.4, 0.5) is 0 Å². The van der Waals surface area contributed by atoms with Crippen molar-refractivity contribution in [2.24, 2.45) is 0 Å². The van der Waals surface area contributed by atoms with Crippen molar-refractivity contribution in [2.45, 2.75) is 98.8 Å². The second-order valence-corrected chi connectivity index (χ2v) is 6.41. The average Bonchev–Trinajstić information content (AvgIpc) is 2.59. The second kappa shape index (κ2) is 22.7. The van der Waals surface area contributed by atoms with Crippen LogP contribution in [0, 0.1) is 6.92 Å². The molecule has 1 rings (SSSR count). The van der Waals surface area contributed by atoms with E-state index in [0.29, 0.717) is 6.61 Å². The highest BCUT2D eigenvalue weighted by molar-refractivity contribution is 5.65. The molecule has 1 aromatic carbocycles. The van der Waals surface area contributed by atoms with E-state index in [2.05, 4.69) is 37.6 Å². The average molecular weight is 351 g/mol. The van der Waals surface area contributed by atoms with E-state index in [-0.39, 0.29) is 5.97 Å². The molecule has 0 saturated heterocycles. The lowest BCUT2D eigenvalue weighted by atomic mass is 10.1. The summed E-state index contributed by atoms with van der Waals surface area (Å²) >= 11 is 0. The maximum absolute atomic E-state index is 9.82. The number of unbranched alkanes of at least 4 members (excludes halogenated alkanes) is 9. The van der Waals surface area contributed by atoms with Gasteiger partial charge in [0.05, 0.1) is 6.61 Å². The molecular weight excluding hydrogens is 308 g/mol. The highest BCUT2D eigenvalue weighted by atomic mass is 16.5. The van der Waals surface area contributed by atoms with Gasteiger partial charge in [-0.2, -0.15) is 0 Å². The van der Waals surface area contributed by atoms with Gasteiger partial charge in [0.25, 0.3) is 0 Å². The largest absolute Gasteiger partial charge is 0.466 e. The number of aryl methyl sites for hydroxylation is 1. The van der Waals surface area contributed by atoms with Gasteiger partial charge in [0.2, 0.25) is 0 Å². The van der Waals surface area contributed by atoms with Crippen molar-refractivity contribution in [3.05, 3.63) is 35.9 Å². The molecule has 2 nitrogen and oxygen atoms in total. The van der Waals surface area contributed by atoms with E-state index < -0.39 is 0 Å². The summed E-state index contributed by atoms with van der Waals surface area (Å²) in [4.78, 5) is 9.82. The fourth-order valence-electron chi connectivity index (χ4n) is 2.30. The highest BCUT2D eigenvalue weighted by Crippen LogP contribution is 2.09. The van der Waals surface area contributed by atoms with Crippen LogP contribution in [0.2, 0.25) is 0 Å². The standard InChI is InChI=1S/C12H26.C7H8.C4H8O2/c1-3-5-7-9-11-12-10-8-6-4-2;1-7-5-3-2-4-6-7;1-3-6-4(2)5/h3-12H2,1-2H3;2-6H,1H3;3H2,1-2H3. The molecule has 0 aliphatic rings. The Morgan fingerprint density at radius 1 is 0.760 bits per heavy atom. The van der Waals surface area contributed by atoms with Crippen molar-refractivity contribution >= 4 is 5.97 Å². The topological polar surface area (TPSA) is 26.3 Å². The molecule has 0 amide bonds. The maximum Gasteiger partial charge on any atom is 0.302 e. The molecule has 0 aliphatic heterocycles. The third kappa shape index (κ3) is 27.8. The van der Waals surface area contributed by atoms with Crippen LogP contribution in [-0.2, 0) is 9.53 Å². The number of rotatable bonds is 10. The minimum Gasteiger partial charge on any atom is -0.466 e. The van der Waals surface area contributed by atoms with E-state index in [1.165, 1.54) is 76.7 Å². The maximum atomic E-state index is 9.82. The first-order chi connectivity index (χ1) is 12.1. The molecule has 0 bridgehead atoms. The summed E-state index contributed by atoms with van der Waals surface area (Å²) in [5.41, 5.74) is 1.32. The van der Waals surface area contributed by atoms with E-state index >= 15 is 0 Å². The van der Waals surface area contributed by atoms with E-state index in [1.807, 2.05) is 18.2 Å². The third-order valence-corrected chi connectivity index (χ3v) is 3.75. The normalized spacial score (nSPS) is 9.32. The summed E-state index contributed by atoms with van der Waals surface area (Å²) in [6.45, 7) is 10.3. The summed E-state index contributed by atoms with van der Waals surface area (Å²) in [6.07, 6.45) is 14.4. The molecule has 0 fully saturated rings. The van der Waals surface area contributed by atoms with Crippen LogP contribution in [0.5, 0.6) is 0 Å². The number of ether oxygens (including phenoxy) is 1. The van der Waals surface area contributed by atoms with Crippen molar-refractivity contribution in [3.63, 3.8) is 0 Å². The molecule has 0 heterocycles. The molecule has 0 aliphatic carbocycles. The van der Waals surface area contributed by atoms with Crippen molar-refractivity contribution < 1.29 is 9.53 Å². The van der Waals surface area contributed by atoms with E-state index in [9.17, 15) is 4.79 Å². The molecule has 146 valence electrons. The Morgan fingerprint density at radius 2 is 1.16 bits per heavy atom. The number of esters is 1. The molecule has 0 atom stereocenters. The van der Waals surface area contributed by atoms with Gasteiger partial charge in [0.1, 0.15) is 0 Å². The predicted molar refractivity (Wildman–Crippen MR) is 111 cm³/mol. The minimum atomic E-state index is -0.211. The van der Waals surface area contributed by atoms with Gasteiger partial charge in [0.15, 0.2) is 0 Å². The van der Waals surface area contributed by atoms with Crippen LogP contribution in [-0.4, -0.2) is 12.6 Å². The van der Waals surface area contributed by atoms with Crippen LogP contribution in [0.3, 0.4) is 0 Å². The quantitative estimate of drug-likeness (QED) is 0.323. The van der Waals surface area contributed by atoms with E-state index in [4.69, 9.17) is 0 Å². The van der Waals surface area contributed by atoms with Crippen LogP contribution in [0.15, 0.2) is 30.3 Å². The van der Waals surface area contributed by atoms with Crippen molar-refractivity contribution in [1.82, 2.24) is 0 Å². The number of hydrogen-bond donors (Lipinski definition) is 0.